The van der Waals surface area contributed by atoms with E-state index in [0.29, 0.717) is 12.0 Å². The van der Waals surface area contributed by atoms with Crippen molar-refractivity contribution in [3.05, 3.63) is 0 Å². The predicted molar refractivity (Wildman–Crippen MR) is 56.7 cm³/mol. The summed E-state index contributed by atoms with van der Waals surface area (Å²) in [5.41, 5.74) is 5.88. The monoisotopic (exact) mass is 183 g/mol. The molecule has 1 aliphatic carbocycles. The van der Waals surface area contributed by atoms with E-state index in [2.05, 4.69) is 30.7 Å². The zero-order chi connectivity index (χ0) is 9.84. The number of hydrogen-bond donors (Lipinski definition) is 1. The van der Waals surface area contributed by atoms with Crippen molar-refractivity contribution >= 4 is 5.96 Å². The molecule has 0 aromatic rings. The van der Waals surface area contributed by atoms with Gasteiger partial charge in [0, 0.05) is 19.1 Å². The summed E-state index contributed by atoms with van der Waals surface area (Å²) in [4.78, 5) is 6.53. The minimum Gasteiger partial charge on any atom is -0.370 e. The maximum absolute atomic E-state index is 5.88. The molecule has 0 atom stereocenters. The summed E-state index contributed by atoms with van der Waals surface area (Å²) in [5.74, 6) is 1.59. The van der Waals surface area contributed by atoms with Gasteiger partial charge in [0.05, 0.1) is 0 Å². The van der Waals surface area contributed by atoms with Gasteiger partial charge in [-0.15, -0.1) is 0 Å². The lowest BCUT2D eigenvalue weighted by Crippen LogP contribution is -2.39. The van der Waals surface area contributed by atoms with E-state index in [9.17, 15) is 0 Å². The Kier molecular flexibility index (Phi) is 3.58. The Morgan fingerprint density at radius 2 is 2.15 bits per heavy atom. The Hall–Kier alpha value is -0.730. The molecule has 1 saturated carbocycles. The molecule has 76 valence electrons. The molecule has 0 bridgehead atoms. The van der Waals surface area contributed by atoms with E-state index in [0.717, 1.165) is 19.0 Å². The molecule has 1 aliphatic rings. The number of nitrogens with two attached hydrogens (primary N) is 1. The summed E-state index contributed by atoms with van der Waals surface area (Å²) in [5, 5.41) is 0. The van der Waals surface area contributed by atoms with Gasteiger partial charge in [-0.05, 0) is 39.5 Å². The molecule has 2 N–H and O–H groups in total. The van der Waals surface area contributed by atoms with E-state index in [1.807, 2.05) is 0 Å². The molecule has 0 radical (unpaired) electrons. The zero-order valence-electron chi connectivity index (χ0n) is 8.95. The van der Waals surface area contributed by atoms with Gasteiger partial charge < -0.3 is 10.6 Å². The smallest absolute Gasteiger partial charge is 0.191 e. The highest BCUT2D eigenvalue weighted by Crippen LogP contribution is 2.29. The molecule has 3 heteroatoms. The molecule has 1 rings (SSSR count). The minimum atomic E-state index is 0.299. The third-order valence-electron chi connectivity index (χ3n) is 2.27. The van der Waals surface area contributed by atoms with Crippen molar-refractivity contribution in [3.63, 3.8) is 0 Å². The highest BCUT2D eigenvalue weighted by Gasteiger charge is 2.24. The Morgan fingerprint density at radius 3 is 2.54 bits per heavy atom. The van der Waals surface area contributed by atoms with Crippen LogP contribution in [0.25, 0.3) is 0 Å². The fourth-order valence-electron chi connectivity index (χ4n) is 1.34. The van der Waals surface area contributed by atoms with E-state index in [-0.39, 0.29) is 0 Å². The second-order valence-electron chi connectivity index (χ2n) is 4.06. The average Bonchev–Trinajstić information content (AvgIpc) is 2.81. The Morgan fingerprint density at radius 1 is 1.54 bits per heavy atom. The van der Waals surface area contributed by atoms with Crippen LogP contribution in [0.3, 0.4) is 0 Å². The maximum atomic E-state index is 5.88. The van der Waals surface area contributed by atoms with E-state index < -0.39 is 0 Å². The van der Waals surface area contributed by atoms with Gasteiger partial charge in [0.25, 0.3) is 0 Å². The Bertz CT molecular complexity index is 183. The number of rotatable bonds is 4. The summed E-state index contributed by atoms with van der Waals surface area (Å²) in [6, 6.07) is 0.299. The molecule has 0 spiro atoms. The second-order valence-corrected chi connectivity index (χ2v) is 4.06. The van der Waals surface area contributed by atoms with Crippen LogP contribution in [-0.4, -0.2) is 30.0 Å². The summed E-state index contributed by atoms with van der Waals surface area (Å²) < 4.78 is 0. The summed E-state index contributed by atoms with van der Waals surface area (Å²) in [7, 11) is 0. The van der Waals surface area contributed by atoms with E-state index >= 15 is 0 Å². The SMILES string of the molecule is CCN(CC1CC1)C(N)=NC(C)C. The molecule has 0 aromatic heterocycles. The first-order valence-electron chi connectivity index (χ1n) is 5.21. The van der Waals surface area contributed by atoms with Gasteiger partial charge in [-0.25, -0.2) is 0 Å². The van der Waals surface area contributed by atoms with Crippen molar-refractivity contribution in [2.75, 3.05) is 13.1 Å². The fourth-order valence-corrected chi connectivity index (χ4v) is 1.34. The maximum Gasteiger partial charge on any atom is 0.191 e. The van der Waals surface area contributed by atoms with Crippen LogP contribution in [0.1, 0.15) is 33.6 Å². The first-order valence-corrected chi connectivity index (χ1v) is 5.21. The van der Waals surface area contributed by atoms with Crippen LogP contribution in [0.2, 0.25) is 0 Å². The molecule has 1 fully saturated rings. The molecule has 0 aliphatic heterocycles. The van der Waals surface area contributed by atoms with Crippen LogP contribution >= 0.6 is 0 Å². The summed E-state index contributed by atoms with van der Waals surface area (Å²) in [6.07, 6.45) is 2.73. The second kappa shape index (κ2) is 4.49. The van der Waals surface area contributed by atoms with Gasteiger partial charge in [0.2, 0.25) is 0 Å². The van der Waals surface area contributed by atoms with Gasteiger partial charge >= 0.3 is 0 Å². The van der Waals surface area contributed by atoms with E-state index in [1.165, 1.54) is 12.8 Å². The van der Waals surface area contributed by atoms with Crippen LogP contribution in [0.5, 0.6) is 0 Å². The van der Waals surface area contributed by atoms with Crippen molar-refractivity contribution in [2.24, 2.45) is 16.6 Å². The van der Waals surface area contributed by atoms with Gasteiger partial charge in [-0.2, -0.15) is 0 Å². The lowest BCUT2D eigenvalue weighted by atomic mass is 10.3. The average molecular weight is 183 g/mol. The molecule has 0 saturated heterocycles. The van der Waals surface area contributed by atoms with Crippen LogP contribution in [0.15, 0.2) is 4.99 Å². The van der Waals surface area contributed by atoms with E-state index in [4.69, 9.17) is 5.73 Å². The topological polar surface area (TPSA) is 41.6 Å². The minimum absolute atomic E-state index is 0.299. The normalized spacial score (nSPS) is 18.0. The summed E-state index contributed by atoms with van der Waals surface area (Å²) >= 11 is 0. The first-order chi connectivity index (χ1) is 6.13. The number of guanidine groups is 1. The highest BCUT2D eigenvalue weighted by atomic mass is 15.3. The number of aliphatic imine (C=N–C) groups is 1. The van der Waals surface area contributed by atoms with Crippen LogP contribution in [0, 0.1) is 5.92 Å². The lowest BCUT2D eigenvalue weighted by molar-refractivity contribution is 0.412. The van der Waals surface area contributed by atoms with Crippen molar-refractivity contribution in [3.8, 4) is 0 Å². The largest absolute Gasteiger partial charge is 0.370 e. The number of nitrogens with zero attached hydrogens (tertiary/aromatic N) is 2. The van der Waals surface area contributed by atoms with Crippen molar-refractivity contribution in [1.82, 2.24) is 4.90 Å². The molecule has 3 nitrogen and oxygen atoms in total. The third-order valence-corrected chi connectivity index (χ3v) is 2.27. The molecule has 0 unspecified atom stereocenters. The number of hydrogen-bond acceptors (Lipinski definition) is 1. The first kappa shape index (κ1) is 10.4. The van der Waals surface area contributed by atoms with Crippen molar-refractivity contribution in [1.29, 1.82) is 0 Å². The van der Waals surface area contributed by atoms with Crippen molar-refractivity contribution < 1.29 is 0 Å². The molecule has 13 heavy (non-hydrogen) atoms. The van der Waals surface area contributed by atoms with Gasteiger partial charge in [-0.3, -0.25) is 4.99 Å². The predicted octanol–water partition coefficient (Wildman–Crippen LogP) is 1.44. The van der Waals surface area contributed by atoms with Crippen LogP contribution in [-0.2, 0) is 0 Å². The summed E-state index contributed by atoms with van der Waals surface area (Å²) in [6.45, 7) is 8.30. The molecule has 0 aromatic carbocycles. The third kappa shape index (κ3) is 3.66. The Labute approximate surface area is 81.0 Å². The molecule has 0 heterocycles. The molecular weight excluding hydrogens is 162 g/mol. The lowest BCUT2D eigenvalue weighted by Gasteiger charge is -2.22. The van der Waals surface area contributed by atoms with Crippen molar-refractivity contribution in [2.45, 2.75) is 39.7 Å². The quantitative estimate of drug-likeness (QED) is 0.529. The van der Waals surface area contributed by atoms with Crippen LogP contribution in [0.4, 0.5) is 0 Å². The Balaban J connectivity index is 2.42. The van der Waals surface area contributed by atoms with E-state index in [1.54, 1.807) is 0 Å². The van der Waals surface area contributed by atoms with Gasteiger partial charge in [0.15, 0.2) is 5.96 Å². The molecule has 0 amide bonds. The standard InChI is InChI=1S/C10H21N3/c1-4-13(7-9-5-6-9)10(11)12-8(2)3/h8-9H,4-7H2,1-3H3,(H2,11,12). The van der Waals surface area contributed by atoms with Gasteiger partial charge in [0.1, 0.15) is 0 Å². The molecular formula is C10H21N3. The fraction of sp³-hybridized carbons (Fsp3) is 0.900. The van der Waals surface area contributed by atoms with Gasteiger partial charge in [-0.1, -0.05) is 0 Å². The zero-order valence-corrected chi connectivity index (χ0v) is 8.95. The highest BCUT2D eigenvalue weighted by molar-refractivity contribution is 5.78. The van der Waals surface area contributed by atoms with Crippen LogP contribution < -0.4 is 5.73 Å².